The zero-order valence-electron chi connectivity index (χ0n) is 19.5. The Morgan fingerprint density at radius 3 is 2.38 bits per heavy atom. The van der Waals surface area contributed by atoms with Crippen LogP contribution < -0.4 is 0 Å². The van der Waals surface area contributed by atoms with Crippen molar-refractivity contribution in [3.05, 3.63) is 94.3 Å². The van der Waals surface area contributed by atoms with Crippen LogP contribution in [0.1, 0.15) is 55.7 Å². The molecule has 6 nitrogen and oxygen atoms in total. The second-order valence-corrected chi connectivity index (χ2v) is 11.1. The number of carbonyl (C=O) groups is 2. The van der Waals surface area contributed by atoms with E-state index in [0.717, 1.165) is 17.7 Å². The number of aromatic nitrogens is 1. The fraction of sp³-hybridized carbons (Fsp3) is 0.333. The van der Waals surface area contributed by atoms with Crippen LogP contribution in [-0.2, 0) is 27.4 Å². The molecule has 0 radical (unpaired) electrons. The smallest absolute Gasteiger partial charge is 0.338 e. The van der Waals surface area contributed by atoms with Crippen LogP contribution in [0.3, 0.4) is 0 Å². The van der Waals surface area contributed by atoms with Gasteiger partial charge in [0.2, 0.25) is 5.78 Å². The molecule has 1 aliphatic heterocycles. The molecule has 178 valence electrons. The number of hydrogen-bond donors (Lipinski definition) is 0. The van der Waals surface area contributed by atoms with Crippen LogP contribution in [0.5, 0.6) is 0 Å². The molecule has 0 saturated carbocycles. The summed E-state index contributed by atoms with van der Waals surface area (Å²) in [6, 6.07) is 19.0. The van der Waals surface area contributed by atoms with Gasteiger partial charge in [-0.25, -0.2) is 13.2 Å². The first-order valence-corrected chi connectivity index (χ1v) is 13.3. The second kappa shape index (κ2) is 9.97. The van der Waals surface area contributed by atoms with E-state index >= 15 is 0 Å². The Hall–Kier alpha value is -3.19. The molecule has 1 atom stereocenters. The quantitative estimate of drug-likeness (QED) is 0.356. The summed E-state index contributed by atoms with van der Waals surface area (Å²) >= 11 is 0. The molecule has 0 bridgehead atoms. The third kappa shape index (κ3) is 5.30. The first-order valence-electron chi connectivity index (χ1n) is 11.5. The van der Waals surface area contributed by atoms with Gasteiger partial charge in [-0.3, -0.25) is 4.79 Å². The first kappa shape index (κ1) is 24.0. The molecule has 0 N–H and O–H groups in total. The maximum Gasteiger partial charge on any atom is 0.338 e. The van der Waals surface area contributed by atoms with E-state index in [2.05, 4.69) is 12.1 Å². The number of aryl methyl sites for hydroxylation is 3. The Morgan fingerprint density at radius 1 is 0.971 bits per heavy atom. The number of Topliss-reactive ketones (excluding diaryl/α,β-unsaturated/α-hetero) is 1. The fourth-order valence-electron chi connectivity index (χ4n) is 4.75. The summed E-state index contributed by atoms with van der Waals surface area (Å²) in [5, 5.41) is 0. The lowest BCUT2D eigenvalue weighted by Crippen LogP contribution is -2.17. The van der Waals surface area contributed by atoms with E-state index in [1.807, 2.05) is 48.7 Å². The number of sulfone groups is 1. The monoisotopic (exact) mass is 479 g/mol. The van der Waals surface area contributed by atoms with Gasteiger partial charge in [0.1, 0.15) is 0 Å². The normalized spacial score (nSPS) is 16.9. The predicted octanol–water partition coefficient (Wildman–Crippen LogP) is 4.29. The largest absolute Gasteiger partial charge is 0.454 e. The Bertz CT molecular complexity index is 1310. The summed E-state index contributed by atoms with van der Waals surface area (Å²) in [6.07, 6.45) is 2.03. The maximum atomic E-state index is 12.9. The lowest BCUT2D eigenvalue weighted by molar-refractivity contribution is 0.0473. The molecule has 7 heteroatoms. The molecule has 2 heterocycles. The van der Waals surface area contributed by atoms with Gasteiger partial charge in [-0.15, -0.1) is 0 Å². The topological polar surface area (TPSA) is 82.4 Å². The second-order valence-electron chi connectivity index (χ2n) is 8.85. The highest BCUT2D eigenvalue weighted by Gasteiger charge is 2.31. The van der Waals surface area contributed by atoms with Crippen molar-refractivity contribution < 1.29 is 22.7 Å². The highest BCUT2D eigenvalue weighted by molar-refractivity contribution is 7.91. The highest BCUT2D eigenvalue weighted by atomic mass is 32.2. The molecule has 1 saturated heterocycles. The van der Waals surface area contributed by atoms with Crippen molar-refractivity contribution in [2.45, 2.75) is 39.2 Å². The van der Waals surface area contributed by atoms with Crippen molar-refractivity contribution in [2.24, 2.45) is 0 Å². The van der Waals surface area contributed by atoms with Crippen molar-refractivity contribution in [1.29, 1.82) is 0 Å². The molecule has 1 unspecified atom stereocenters. The van der Waals surface area contributed by atoms with Crippen LogP contribution in [0.4, 0.5) is 0 Å². The summed E-state index contributed by atoms with van der Waals surface area (Å²) in [4.78, 5) is 25.7. The number of ether oxygens (including phenoxy) is 1. The number of nitrogens with zero attached hydrogens (tertiary/aromatic N) is 1. The summed E-state index contributed by atoms with van der Waals surface area (Å²) in [6.45, 7) is 3.31. The summed E-state index contributed by atoms with van der Waals surface area (Å²) in [5.41, 5.74) is 4.54. The van der Waals surface area contributed by atoms with E-state index in [1.165, 1.54) is 5.56 Å². The van der Waals surface area contributed by atoms with Gasteiger partial charge in [0.05, 0.1) is 17.1 Å². The molecule has 0 aliphatic carbocycles. The molecular weight excluding hydrogens is 450 g/mol. The van der Waals surface area contributed by atoms with Gasteiger partial charge in [-0.05, 0) is 56.4 Å². The minimum Gasteiger partial charge on any atom is -0.454 e. The fourth-order valence-corrected chi connectivity index (χ4v) is 6.45. The molecule has 1 aromatic heterocycles. The lowest BCUT2D eigenvalue weighted by Gasteiger charge is -2.16. The highest BCUT2D eigenvalue weighted by Crippen LogP contribution is 2.29. The van der Waals surface area contributed by atoms with Crippen molar-refractivity contribution in [1.82, 2.24) is 4.57 Å². The van der Waals surface area contributed by atoms with Crippen LogP contribution in [0.15, 0.2) is 60.7 Å². The molecule has 4 rings (SSSR count). The SMILES string of the molecule is Cc1cc(C(=O)COC(=O)c2ccccc2CCc2ccccc2)c(C)n1C1CCS(=O)(=O)C1. The third-order valence-corrected chi connectivity index (χ3v) is 8.21. The summed E-state index contributed by atoms with van der Waals surface area (Å²) < 4.78 is 31.1. The Labute approximate surface area is 200 Å². The van der Waals surface area contributed by atoms with Crippen LogP contribution in [0, 0.1) is 13.8 Å². The third-order valence-electron chi connectivity index (χ3n) is 6.46. The zero-order chi connectivity index (χ0) is 24.3. The lowest BCUT2D eigenvalue weighted by atomic mass is 10.00. The van der Waals surface area contributed by atoms with E-state index in [1.54, 1.807) is 18.2 Å². The number of esters is 1. The van der Waals surface area contributed by atoms with Crippen molar-refractivity contribution in [3.8, 4) is 0 Å². The number of carbonyl (C=O) groups excluding carboxylic acids is 2. The Kier molecular flexibility index (Phi) is 7.03. The molecule has 34 heavy (non-hydrogen) atoms. The van der Waals surface area contributed by atoms with Gasteiger partial charge in [0.15, 0.2) is 16.4 Å². The Balaban J connectivity index is 1.42. The van der Waals surface area contributed by atoms with E-state index in [9.17, 15) is 18.0 Å². The maximum absolute atomic E-state index is 12.9. The number of benzene rings is 2. The molecule has 1 fully saturated rings. The predicted molar refractivity (Wildman–Crippen MR) is 131 cm³/mol. The average Bonchev–Trinajstić information content (AvgIpc) is 3.33. The molecule has 2 aromatic carbocycles. The van der Waals surface area contributed by atoms with E-state index in [4.69, 9.17) is 4.74 Å². The van der Waals surface area contributed by atoms with Gasteiger partial charge in [-0.1, -0.05) is 48.5 Å². The minimum atomic E-state index is -3.04. The van der Waals surface area contributed by atoms with Gasteiger partial charge in [-0.2, -0.15) is 0 Å². The zero-order valence-corrected chi connectivity index (χ0v) is 20.3. The molecule has 0 amide bonds. The summed E-state index contributed by atoms with van der Waals surface area (Å²) in [5.74, 6) is -0.562. The average molecular weight is 480 g/mol. The summed E-state index contributed by atoms with van der Waals surface area (Å²) in [7, 11) is -3.04. The molecule has 3 aromatic rings. The van der Waals surface area contributed by atoms with E-state index < -0.39 is 15.8 Å². The number of hydrogen-bond acceptors (Lipinski definition) is 5. The van der Waals surface area contributed by atoms with Gasteiger partial charge in [0.25, 0.3) is 0 Å². The number of ketones is 1. The first-order chi connectivity index (χ1) is 16.2. The van der Waals surface area contributed by atoms with E-state index in [-0.39, 0.29) is 29.9 Å². The Morgan fingerprint density at radius 2 is 1.68 bits per heavy atom. The van der Waals surface area contributed by atoms with Crippen LogP contribution in [0.2, 0.25) is 0 Å². The molecule has 1 aliphatic rings. The van der Waals surface area contributed by atoms with Gasteiger partial charge < -0.3 is 9.30 Å². The molecular formula is C27H29NO5S. The van der Waals surface area contributed by atoms with E-state index in [0.29, 0.717) is 29.7 Å². The van der Waals surface area contributed by atoms with Crippen LogP contribution in [0.25, 0.3) is 0 Å². The van der Waals surface area contributed by atoms with Crippen LogP contribution in [-0.4, -0.2) is 42.9 Å². The minimum absolute atomic E-state index is 0.0890. The van der Waals surface area contributed by atoms with Gasteiger partial charge in [0, 0.05) is 23.0 Å². The van der Waals surface area contributed by atoms with Crippen molar-refractivity contribution >= 4 is 21.6 Å². The van der Waals surface area contributed by atoms with Crippen molar-refractivity contribution in [2.75, 3.05) is 18.1 Å². The van der Waals surface area contributed by atoms with Crippen LogP contribution >= 0.6 is 0 Å². The van der Waals surface area contributed by atoms with Crippen molar-refractivity contribution in [3.63, 3.8) is 0 Å². The molecule has 0 spiro atoms. The van der Waals surface area contributed by atoms with Gasteiger partial charge >= 0.3 is 5.97 Å². The standard InChI is InChI=1S/C27H29NO5S/c1-19-16-25(20(2)28(19)23-14-15-34(31,32)18-23)26(29)17-33-27(30)24-11-7-6-10-22(24)13-12-21-8-4-3-5-9-21/h3-11,16,23H,12-15,17-18H2,1-2H3. The number of rotatable bonds is 8.